The Morgan fingerprint density at radius 1 is 1.19 bits per heavy atom. The molecule has 1 heterocycles. The first-order valence-electron chi connectivity index (χ1n) is 6.57. The highest BCUT2D eigenvalue weighted by atomic mass is 79.9. The molecule has 104 valence electrons. The quantitative estimate of drug-likeness (QED) is 0.768. The van der Waals surface area contributed by atoms with Crippen LogP contribution in [-0.4, -0.2) is 10.9 Å². The molecular weight excluding hydrogens is 328 g/mol. The van der Waals surface area contributed by atoms with Gasteiger partial charge in [-0.2, -0.15) is 0 Å². The van der Waals surface area contributed by atoms with Gasteiger partial charge in [0.1, 0.15) is 0 Å². The average Bonchev–Trinajstić information content (AvgIpc) is 2.50. The molecule has 1 atom stereocenters. The second kappa shape index (κ2) is 5.63. The summed E-state index contributed by atoms with van der Waals surface area (Å²) in [5.41, 5.74) is 2.89. The standard InChI is InChI=1S/C17H13BrN2O/c1-2-10-20-16(12-6-4-3-5-7-12)14-11-13(18)8-9-15(14)19-17(20)21/h3-9,11,16H,1H3,(H,19,21). The Bertz CT molecular complexity index is 746. The van der Waals surface area contributed by atoms with Gasteiger partial charge < -0.3 is 5.32 Å². The number of hydrogen-bond donors (Lipinski definition) is 1. The SMILES string of the molecule is CC#CN1C(=O)Nc2ccc(Br)cc2C1c1ccccc1. The number of anilines is 1. The Morgan fingerprint density at radius 2 is 1.95 bits per heavy atom. The number of nitrogens with zero attached hydrogens (tertiary/aromatic N) is 1. The molecular formula is C17H13BrN2O. The van der Waals surface area contributed by atoms with Crippen LogP contribution < -0.4 is 5.32 Å². The van der Waals surface area contributed by atoms with E-state index in [-0.39, 0.29) is 12.1 Å². The molecule has 1 aliphatic rings. The predicted octanol–water partition coefficient (Wildman–Crippen LogP) is 4.37. The van der Waals surface area contributed by atoms with Gasteiger partial charge in [0.05, 0.1) is 6.04 Å². The number of nitrogens with one attached hydrogen (secondary N) is 1. The lowest BCUT2D eigenvalue weighted by molar-refractivity contribution is 0.221. The molecule has 0 aromatic heterocycles. The zero-order chi connectivity index (χ0) is 14.8. The fraction of sp³-hybridized carbons (Fsp3) is 0.118. The average molecular weight is 341 g/mol. The topological polar surface area (TPSA) is 32.3 Å². The van der Waals surface area contributed by atoms with Crippen molar-refractivity contribution in [3.63, 3.8) is 0 Å². The fourth-order valence-corrected chi connectivity index (χ4v) is 2.88. The molecule has 3 nitrogen and oxygen atoms in total. The molecule has 2 aromatic carbocycles. The van der Waals surface area contributed by atoms with Gasteiger partial charge in [-0.15, -0.1) is 0 Å². The first-order valence-corrected chi connectivity index (χ1v) is 7.37. The molecule has 0 saturated heterocycles. The van der Waals surface area contributed by atoms with E-state index in [2.05, 4.69) is 33.2 Å². The third-order valence-electron chi connectivity index (χ3n) is 3.37. The summed E-state index contributed by atoms with van der Waals surface area (Å²) in [5.74, 6) is 2.82. The maximum Gasteiger partial charge on any atom is 0.334 e. The van der Waals surface area contributed by atoms with E-state index in [1.54, 1.807) is 11.8 Å². The maximum absolute atomic E-state index is 12.3. The molecule has 3 rings (SSSR count). The normalized spacial score (nSPS) is 16.6. The summed E-state index contributed by atoms with van der Waals surface area (Å²) >= 11 is 3.50. The van der Waals surface area contributed by atoms with Gasteiger partial charge in [-0.3, -0.25) is 0 Å². The van der Waals surface area contributed by atoms with Crippen molar-refractivity contribution in [1.29, 1.82) is 0 Å². The van der Waals surface area contributed by atoms with E-state index in [9.17, 15) is 4.79 Å². The van der Waals surface area contributed by atoms with Gasteiger partial charge in [0.15, 0.2) is 0 Å². The van der Waals surface area contributed by atoms with Crippen LogP contribution in [0.15, 0.2) is 53.0 Å². The molecule has 2 aromatic rings. The van der Waals surface area contributed by atoms with Crippen molar-refractivity contribution >= 4 is 27.6 Å². The van der Waals surface area contributed by atoms with Crippen LogP contribution in [0.5, 0.6) is 0 Å². The molecule has 0 radical (unpaired) electrons. The Morgan fingerprint density at radius 3 is 2.67 bits per heavy atom. The predicted molar refractivity (Wildman–Crippen MR) is 86.7 cm³/mol. The molecule has 2 amide bonds. The molecule has 0 aliphatic carbocycles. The molecule has 21 heavy (non-hydrogen) atoms. The highest BCUT2D eigenvalue weighted by molar-refractivity contribution is 9.10. The summed E-state index contributed by atoms with van der Waals surface area (Å²) in [7, 11) is 0. The zero-order valence-electron chi connectivity index (χ0n) is 11.4. The number of rotatable bonds is 1. The van der Waals surface area contributed by atoms with Crippen molar-refractivity contribution in [3.8, 4) is 12.0 Å². The minimum Gasteiger partial charge on any atom is -0.307 e. The molecule has 1 aliphatic heterocycles. The summed E-state index contributed by atoms with van der Waals surface area (Å²) in [4.78, 5) is 13.9. The van der Waals surface area contributed by atoms with Crippen LogP contribution in [0.2, 0.25) is 0 Å². The third-order valence-corrected chi connectivity index (χ3v) is 3.87. The largest absolute Gasteiger partial charge is 0.334 e. The number of benzene rings is 2. The summed E-state index contributed by atoms with van der Waals surface area (Å²) in [6, 6.07) is 18.3. The van der Waals surface area contributed by atoms with Gasteiger partial charge in [-0.1, -0.05) is 52.2 Å². The van der Waals surface area contributed by atoms with Gasteiger partial charge in [0, 0.05) is 21.8 Å². The van der Waals surface area contributed by atoms with E-state index in [1.807, 2.05) is 48.5 Å². The van der Waals surface area contributed by atoms with Crippen molar-refractivity contribution in [2.75, 3.05) is 5.32 Å². The van der Waals surface area contributed by atoms with Crippen LogP contribution in [0.1, 0.15) is 24.1 Å². The minimum atomic E-state index is -0.208. The minimum absolute atomic E-state index is 0.201. The lowest BCUT2D eigenvalue weighted by atomic mass is 9.94. The van der Waals surface area contributed by atoms with Crippen LogP contribution in [0.4, 0.5) is 10.5 Å². The summed E-state index contributed by atoms with van der Waals surface area (Å²) in [6.07, 6.45) is 0. The lowest BCUT2D eigenvalue weighted by Crippen LogP contribution is -2.39. The van der Waals surface area contributed by atoms with Crippen molar-refractivity contribution < 1.29 is 4.79 Å². The van der Waals surface area contributed by atoms with Gasteiger partial charge in [-0.25, -0.2) is 9.69 Å². The molecule has 4 heteroatoms. The molecule has 0 bridgehead atoms. The monoisotopic (exact) mass is 340 g/mol. The lowest BCUT2D eigenvalue weighted by Gasteiger charge is -2.34. The van der Waals surface area contributed by atoms with Gasteiger partial charge >= 0.3 is 6.03 Å². The van der Waals surface area contributed by atoms with Crippen LogP contribution in [0.25, 0.3) is 0 Å². The molecule has 0 spiro atoms. The maximum atomic E-state index is 12.3. The van der Waals surface area contributed by atoms with E-state index in [1.165, 1.54) is 0 Å². The van der Waals surface area contributed by atoms with Crippen LogP contribution in [0, 0.1) is 12.0 Å². The van der Waals surface area contributed by atoms with E-state index < -0.39 is 0 Å². The Labute approximate surface area is 132 Å². The van der Waals surface area contributed by atoms with E-state index in [0.717, 1.165) is 21.3 Å². The Kier molecular flexibility index (Phi) is 3.68. The smallest absolute Gasteiger partial charge is 0.307 e. The van der Waals surface area contributed by atoms with Gasteiger partial charge in [0.25, 0.3) is 0 Å². The Hall–Kier alpha value is -2.25. The van der Waals surface area contributed by atoms with Crippen LogP contribution in [-0.2, 0) is 0 Å². The summed E-state index contributed by atoms with van der Waals surface area (Å²) in [6.45, 7) is 1.73. The molecule has 1 unspecified atom stereocenters. The van der Waals surface area contributed by atoms with E-state index >= 15 is 0 Å². The summed E-state index contributed by atoms with van der Waals surface area (Å²) in [5, 5.41) is 2.89. The highest BCUT2D eigenvalue weighted by Gasteiger charge is 2.32. The number of amides is 2. The van der Waals surface area contributed by atoms with Gasteiger partial charge in [-0.05, 0) is 30.7 Å². The zero-order valence-corrected chi connectivity index (χ0v) is 13.0. The number of halogens is 1. The number of urea groups is 1. The van der Waals surface area contributed by atoms with Crippen molar-refractivity contribution in [2.24, 2.45) is 0 Å². The molecule has 1 N–H and O–H groups in total. The number of fused-ring (bicyclic) bond motifs is 1. The summed E-state index contributed by atoms with van der Waals surface area (Å²) < 4.78 is 0.975. The fourth-order valence-electron chi connectivity index (χ4n) is 2.51. The van der Waals surface area contributed by atoms with E-state index in [0.29, 0.717) is 0 Å². The van der Waals surface area contributed by atoms with E-state index in [4.69, 9.17) is 0 Å². The first kappa shape index (κ1) is 13.7. The second-order valence-corrected chi connectivity index (χ2v) is 5.62. The highest BCUT2D eigenvalue weighted by Crippen LogP contribution is 2.38. The van der Waals surface area contributed by atoms with Crippen molar-refractivity contribution in [2.45, 2.75) is 13.0 Å². The number of carbonyl (C=O) groups excluding carboxylic acids is 1. The molecule has 0 fully saturated rings. The van der Waals surface area contributed by atoms with Gasteiger partial charge in [0.2, 0.25) is 0 Å². The number of hydrogen-bond acceptors (Lipinski definition) is 1. The van der Waals surface area contributed by atoms with Crippen LogP contribution >= 0.6 is 15.9 Å². The van der Waals surface area contributed by atoms with Crippen molar-refractivity contribution in [1.82, 2.24) is 4.90 Å². The van der Waals surface area contributed by atoms with Crippen molar-refractivity contribution in [3.05, 3.63) is 64.1 Å². The first-order chi connectivity index (χ1) is 10.2. The second-order valence-electron chi connectivity index (χ2n) is 4.71. The number of carbonyl (C=O) groups is 1. The Balaban J connectivity index is 2.21. The molecule has 0 saturated carbocycles. The van der Waals surface area contributed by atoms with Crippen LogP contribution in [0.3, 0.4) is 0 Å². The third kappa shape index (κ3) is 2.53.